The molecule has 0 saturated carbocycles. The van der Waals surface area contributed by atoms with Crippen LogP contribution in [0.5, 0.6) is 0 Å². The monoisotopic (exact) mass is 411 g/mol. The molecule has 4 rings (SSSR count). The van der Waals surface area contributed by atoms with Crippen molar-refractivity contribution in [3.8, 4) is 11.5 Å². The number of benzene rings is 2. The van der Waals surface area contributed by atoms with E-state index in [0.29, 0.717) is 29.5 Å². The predicted molar refractivity (Wildman–Crippen MR) is 108 cm³/mol. The summed E-state index contributed by atoms with van der Waals surface area (Å²) in [4.78, 5) is 14.8. The van der Waals surface area contributed by atoms with Gasteiger partial charge in [-0.3, -0.25) is 19.9 Å². The lowest BCUT2D eigenvalue weighted by atomic mass is 10.1. The highest BCUT2D eigenvalue weighted by Crippen LogP contribution is 2.26. The Kier molecular flexibility index (Phi) is 5.82. The molecule has 0 N–H and O–H groups in total. The van der Waals surface area contributed by atoms with Gasteiger partial charge in [-0.2, -0.15) is 0 Å². The van der Waals surface area contributed by atoms with Gasteiger partial charge in [0.15, 0.2) is 0 Å². The number of aromatic nitrogens is 2. The van der Waals surface area contributed by atoms with E-state index in [1.165, 1.54) is 18.2 Å². The average Bonchev–Trinajstić information content (AvgIpc) is 3.26. The van der Waals surface area contributed by atoms with E-state index in [4.69, 9.17) is 4.42 Å². The Hall–Kier alpha value is -3.17. The molecule has 1 fully saturated rings. The van der Waals surface area contributed by atoms with Crippen molar-refractivity contribution in [3.05, 3.63) is 75.9 Å². The van der Waals surface area contributed by atoms with E-state index in [1.807, 2.05) is 19.1 Å². The molecular weight excluding hydrogens is 389 g/mol. The quantitative estimate of drug-likeness (QED) is 0.452. The molecule has 0 aliphatic carbocycles. The lowest BCUT2D eigenvalue weighted by Crippen LogP contribution is -2.46. The van der Waals surface area contributed by atoms with Crippen LogP contribution in [-0.2, 0) is 6.54 Å². The molecule has 1 aliphatic heterocycles. The molecule has 0 bridgehead atoms. The molecule has 1 unspecified atom stereocenters. The van der Waals surface area contributed by atoms with Crippen LogP contribution < -0.4 is 0 Å². The van der Waals surface area contributed by atoms with Crippen molar-refractivity contribution in [3.63, 3.8) is 0 Å². The van der Waals surface area contributed by atoms with E-state index in [2.05, 4.69) is 20.0 Å². The molecule has 0 radical (unpaired) electrons. The van der Waals surface area contributed by atoms with Gasteiger partial charge < -0.3 is 4.42 Å². The molecule has 2 heterocycles. The van der Waals surface area contributed by atoms with Gasteiger partial charge in [0.05, 0.1) is 11.0 Å². The molecule has 9 heteroatoms. The van der Waals surface area contributed by atoms with Crippen molar-refractivity contribution in [1.82, 2.24) is 20.0 Å². The zero-order valence-electron chi connectivity index (χ0n) is 16.6. The van der Waals surface area contributed by atoms with Crippen LogP contribution in [0.3, 0.4) is 0 Å². The van der Waals surface area contributed by atoms with Gasteiger partial charge in [0.1, 0.15) is 5.82 Å². The van der Waals surface area contributed by atoms with Gasteiger partial charge in [-0.15, -0.1) is 10.2 Å². The Balaban J connectivity index is 1.36. The molecule has 1 aliphatic rings. The summed E-state index contributed by atoms with van der Waals surface area (Å²) in [6.07, 6.45) is 0. The van der Waals surface area contributed by atoms with Gasteiger partial charge in [0.25, 0.3) is 5.69 Å². The Morgan fingerprint density at radius 2 is 1.80 bits per heavy atom. The molecule has 1 atom stereocenters. The van der Waals surface area contributed by atoms with Crippen LogP contribution in [0.2, 0.25) is 0 Å². The highest BCUT2D eigenvalue weighted by molar-refractivity contribution is 5.55. The molecule has 0 spiro atoms. The second-order valence-corrected chi connectivity index (χ2v) is 7.33. The summed E-state index contributed by atoms with van der Waals surface area (Å²) >= 11 is 0. The van der Waals surface area contributed by atoms with Crippen molar-refractivity contribution in [1.29, 1.82) is 0 Å². The van der Waals surface area contributed by atoms with Crippen molar-refractivity contribution in [2.45, 2.75) is 19.5 Å². The SMILES string of the molecule is CC(c1nnc(-c2ccc([N+](=O)[O-])cc2)o1)N1CCN(Cc2ccccc2F)CC1. The fourth-order valence-corrected chi connectivity index (χ4v) is 3.58. The van der Waals surface area contributed by atoms with Crippen LogP contribution in [0.4, 0.5) is 10.1 Å². The van der Waals surface area contributed by atoms with E-state index in [9.17, 15) is 14.5 Å². The van der Waals surface area contributed by atoms with Crippen molar-refractivity contribution < 1.29 is 13.7 Å². The predicted octanol–water partition coefficient (Wildman–Crippen LogP) is 3.66. The van der Waals surface area contributed by atoms with Crippen molar-refractivity contribution in [2.24, 2.45) is 0 Å². The average molecular weight is 411 g/mol. The maximum Gasteiger partial charge on any atom is 0.269 e. The largest absolute Gasteiger partial charge is 0.419 e. The highest BCUT2D eigenvalue weighted by atomic mass is 19.1. The molecular formula is C21H22FN5O3. The van der Waals surface area contributed by atoms with E-state index in [1.54, 1.807) is 18.2 Å². The minimum absolute atomic E-state index is 0.0140. The van der Waals surface area contributed by atoms with Crippen LogP contribution in [0.1, 0.15) is 24.4 Å². The third-order valence-corrected chi connectivity index (χ3v) is 5.43. The summed E-state index contributed by atoms with van der Waals surface area (Å²) in [5, 5.41) is 19.0. The normalized spacial score (nSPS) is 16.5. The molecule has 3 aromatic rings. The third-order valence-electron chi connectivity index (χ3n) is 5.43. The number of piperazine rings is 1. The fourth-order valence-electron chi connectivity index (χ4n) is 3.58. The smallest absolute Gasteiger partial charge is 0.269 e. The van der Waals surface area contributed by atoms with Gasteiger partial charge in [-0.1, -0.05) is 18.2 Å². The summed E-state index contributed by atoms with van der Waals surface area (Å²) < 4.78 is 19.7. The first-order valence-electron chi connectivity index (χ1n) is 9.79. The Morgan fingerprint density at radius 1 is 1.10 bits per heavy atom. The number of hydrogen-bond donors (Lipinski definition) is 0. The van der Waals surface area contributed by atoms with Gasteiger partial charge in [-0.25, -0.2) is 4.39 Å². The van der Waals surface area contributed by atoms with Gasteiger partial charge >= 0.3 is 0 Å². The van der Waals surface area contributed by atoms with E-state index in [-0.39, 0.29) is 17.5 Å². The summed E-state index contributed by atoms with van der Waals surface area (Å²) in [6, 6.07) is 12.8. The van der Waals surface area contributed by atoms with E-state index < -0.39 is 4.92 Å². The minimum atomic E-state index is -0.447. The molecule has 156 valence electrons. The number of nitro groups is 1. The molecule has 8 nitrogen and oxygen atoms in total. The zero-order valence-corrected chi connectivity index (χ0v) is 16.6. The molecule has 2 aromatic carbocycles. The van der Waals surface area contributed by atoms with Crippen LogP contribution >= 0.6 is 0 Å². The zero-order chi connectivity index (χ0) is 21.1. The standard InChI is InChI=1S/C21H22FN5O3/c1-15(20-23-24-21(30-20)16-6-8-18(9-7-16)27(28)29)26-12-10-25(11-13-26)14-17-4-2-3-5-19(17)22/h2-9,15H,10-14H2,1H3. The first-order valence-corrected chi connectivity index (χ1v) is 9.79. The first-order chi connectivity index (χ1) is 14.5. The van der Waals surface area contributed by atoms with Gasteiger partial charge in [0.2, 0.25) is 11.8 Å². The number of hydrogen-bond acceptors (Lipinski definition) is 7. The number of non-ortho nitro benzene ring substituents is 1. The fraction of sp³-hybridized carbons (Fsp3) is 0.333. The summed E-state index contributed by atoms with van der Waals surface area (Å²) in [5.41, 5.74) is 1.37. The van der Waals surface area contributed by atoms with Crippen molar-refractivity contribution in [2.75, 3.05) is 26.2 Å². The topological polar surface area (TPSA) is 88.5 Å². The van der Waals surface area contributed by atoms with Crippen molar-refractivity contribution >= 4 is 5.69 Å². The number of halogens is 1. The lowest BCUT2D eigenvalue weighted by Gasteiger charge is -2.36. The molecule has 0 amide bonds. The van der Waals surface area contributed by atoms with E-state index in [0.717, 1.165) is 26.2 Å². The number of rotatable bonds is 6. The van der Waals surface area contributed by atoms with Gasteiger partial charge in [0, 0.05) is 56.0 Å². The first kappa shape index (κ1) is 20.1. The molecule has 30 heavy (non-hydrogen) atoms. The Morgan fingerprint density at radius 3 is 2.47 bits per heavy atom. The number of nitro benzene ring substituents is 1. The second-order valence-electron chi connectivity index (χ2n) is 7.33. The van der Waals surface area contributed by atoms with Crippen LogP contribution in [0, 0.1) is 15.9 Å². The van der Waals surface area contributed by atoms with E-state index >= 15 is 0 Å². The molecule has 1 saturated heterocycles. The summed E-state index contributed by atoms with van der Waals surface area (Å²) in [6.45, 7) is 5.87. The maximum atomic E-state index is 13.9. The maximum absolute atomic E-state index is 13.9. The summed E-state index contributed by atoms with van der Waals surface area (Å²) in [5.74, 6) is 0.675. The lowest BCUT2D eigenvalue weighted by molar-refractivity contribution is -0.384. The highest BCUT2D eigenvalue weighted by Gasteiger charge is 2.26. The minimum Gasteiger partial charge on any atom is -0.419 e. The van der Waals surface area contributed by atoms with Crippen LogP contribution in [-0.4, -0.2) is 51.1 Å². The summed E-state index contributed by atoms with van der Waals surface area (Å²) in [7, 11) is 0. The Labute approximate surface area is 173 Å². The van der Waals surface area contributed by atoms with Crippen LogP contribution in [0.15, 0.2) is 52.9 Å². The van der Waals surface area contributed by atoms with Crippen LogP contribution in [0.25, 0.3) is 11.5 Å². The second kappa shape index (κ2) is 8.68. The van der Waals surface area contributed by atoms with Gasteiger partial charge in [-0.05, 0) is 25.1 Å². The third kappa shape index (κ3) is 4.37. The number of nitrogens with zero attached hydrogens (tertiary/aromatic N) is 5. The Bertz CT molecular complexity index is 1020. The molecule has 1 aromatic heterocycles.